The predicted molar refractivity (Wildman–Crippen MR) is 75.8 cm³/mol. The van der Waals surface area contributed by atoms with Gasteiger partial charge in [-0.1, -0.05) is 12.1 Å². The zero-order valence-electron chi connectivity index (χ0n) is 11.2. The van der Waals surface area contributed by atoms with Gasteiger partial charge >= 0.3 is 0 Å². The van der Waals surface area contributed by atoms with Gasteiger partial charge in [-0.25, -0.2) is 0 Å². The van der Waals surface area contributed by atoms with Crippen LogP contribution in [0.15, 0.2) is 36.4 Å². The zero-order valence-corrected chi connectivity index (χ0v) is 11.2. The van der Waals surface area contributed by atoms with E-state index in [2.05, 4.69) is 0 Å². The molecular formula is C16H15NO3. The first-order valence-electron chi connectivity index (χ1n) is 6.37. The summed E-state index contributed by atoms with van der Waals surface area (Å²) in [6, 6.07) is 10.7. The quantitative estimate of drug-likeness (QED) is 0.687. The third-order valence-electron chi connectivity index (χ3n) is 3.45. The minimum Gasteiger partial charge on any atom is -0.496 e. The maximum atomic E-state index is 12.6. The number of methoxy groups -OCH3 is 1. The van der Waals surface area contributed by atoms with Crippen molar-refractivity contribution in [3.05, 3.63) is 58.7 Å². The number of nitrogens with two attached hydrogens (primary N) is 1. The van der Waals surface area contributed by atoms with Crippen LogP contribution in [0.4, 0.5) is 5.69 Å². The summed E-state index contributed by atoms with van der Waals surface area (Å²) in [5.41, 5.74) is 9.61. The van der Waals surface area contributed by atoms with E-state index in [0.717, 1.165) is 11.1 Å². The molecule has 3 rings (SSSR count). The van der Waals surface area contributed by atoms with E-state index in [4.69, 9.17) is 15.2 Å². The largest absolute Gasteiger partial charge is 0.496 e. The normalized spacial score (nSPS) is 13.1. The molecule has 0 fully saturated rings. The Kier molecular flexibility index (Phi) is 3.16. The number of anilines is 1. The van der Waals surface area contributed by atoms with Gasteiger partial charge in [0.15, 0.2) is 5.78 Å². The van der Waals surface area contributed by atoms with E-state index in [0.29, 0.717) is 35.8 Å². The SMILES string of the molecule is COc1ccc(N)cc1C(=O)c1ccc2c(c1)COC2. The van der Waals surface area contributed by atoms with E-state index < -0.39 is 0 Å². The van der Waals surface area contributed by atoms with Gasteiger partial charge < -0.3 is 15.2 Å². The summed E-state index contributed by atoms with van der Waals surface area (Å²) in [7, 11) is 1.54. The lowest BCUT2D eigenvalue weighted by molar-refractivity contribution is 0.103. The van der Waals surface area contributed by atoms with Crippen LogP contribution in [0.25, 0.3) is 0 Å². The Hall–Kier alpha value is -2.33. The van der Waals surface area contributed by atoms with Gasteiger partial charge in [0, 0.05) is 11.3 Å². The number of carbonyl (C=O) groups excluding carboxylic acids is 1. The summed E-state index contributed by atoms with van der Waals surface area (Å²) in [6.45, 7) is 1.18. The fraction of sp³-hybridized carbons (Fsp3) is 0.188. The predicted octanol–water partition coefficient (Wildman–Crippen LogP) is 2.54. The standard InChI is InChI=1S/C16H15NO3/c1-19-15-5-4-13(17)7-14(15)16(18)10-2-3-11-8-20-9-12(11)6-10/h2-7H,8-9,17H2,1H3. The zero-order chi connectivity index (χ0) is 14.1. The van der Waals surface area contributed by atoms with Gasteiger partial charge in [-0.15, -0.1) is 0 Å². The molecular weight excluding hydrogens is 254 g/mol. The number of ether oxygens (including phenoxy) is 2. The van der Waals surface area contributed by atoms with Gasteiger partial charge in [0.05, 0.1) is 25.9 Å². The second-order valence-corrected chi connectivity index (χ2v) is 4.77. The molecule has 2 aromatic rings. The second-order valence-electron chi connectivity index (χ2n) is 4.77. The monoisotopic (exact) mass is 269 g/mol. The highest BCUT2D eigenvalue weighted by molar-refractivity contribution is 6.11. The van der Waals surface area contributed by atoms with E-state index >= 15 is 0 Å². The van der Waals surface area contributed by atoms with Crippen molar-refractivity contribution in [2.75, 3.05) is 12.8 Å². The van der Waals surface area contributed by atoms with Crippen molar-refractivity contribution in [3.63, 3.8) is 0 Å². The van der Waals surface area contributed by atoms with Crippen LogP contribution >= 0.6 is 0 Å². The van der Waals surface area contributed by atoms with Crippen LogP contribution in [0.3, 0.4) is 0 Å². The maximum Gasteiger partial charge on any atom is 0.196 e. The van der Waals surface area contributed by atoms with E-state index in [1.54, 1.807) is 25.3 Å². The molecule has 1 aliphatic rings. The third kappa shape index (κ3) is 2.14. The second kappa shape index (κ2) is 4.98. The van der Waals surface area contributed by atoms with Gasteiger partial charge in [-0.05, 0) is 35.4 Å². The topological polar surface area (TPSA) is 61.5 Å². The van der Waals surface area contributed by atoms with Gasteiger partial charge in [0.2, 0.25) is 0 Å². The summed E-state index contributed by atoms with van der Waals surface area (Å²) in [6.07, 6.45) is 0. The summed E-state index contributed by atoms with van der Waals surface area (Å²) < 4.78 is 10.6. The number of benzene rings is 2. The molecule has 2 aromatic carbocycles. The lowest BCUT2D eigenvalue weighted by Crippen LogP contribution is -2.05. The molecule has 0 radical (unpaired) electrons. The fourth-order valence-electron chi connectivity index (χ4n) is 2.37. The number of hydrogen-bond donors (Lipinski definition) is 1. The van der Waals surface area contributed by atoms with Crippen molar-refractivity contribution < 1.29 is 14.3 Å². The molecule has 0 unspecified atom stereocenters. The first-order valence-corrected chi connectivity index (χ1v) is 6.37. The molecule has 4 heteroatoms. The maximum absolute atomic E-state index is 12.6. The molecule has 0 saturated carbocycles. The highest BCUT2D eigenvalue weighted by Gasteiger charge is 2.18. The van der Waals surface area contributed by atoms with E-state index in [1.807, 2.05) is 18.2 Å². The smallest absolute Gasteiger partial charge is 0.196 e. The summed E-state index contributed by atoms with van der Waals surface area (Å²) in [5, 5.41) is 0. The van der Waals surface area contributed by atoms with Crippen molar-refractivity contribution in [1.82, 2.24) is 0 Å². The molecule has 0 amide bonds. The van der Waals surface area contributed by atoms with Crippen LogP contribution in [0.1, 0.15) is 27.0 Å². The molecule has 0 bridgehead atoms. The molecule has 102 valence electrons. The first kappa shape index (κ1) is 12.7. The van der Waals surface area contributed by atoms with Crippen molar-refractivity contribution in [1.29, 1.82) is 0 Å². The molecule has 0 saturated heterocycles. The van der Waals surface area contributed by atoms with Crippen molar-refractivity contribution in [3.8, 4) is 5.75 Å². The molecule has 4 nitrogen and oxygen atoms in total. The van der Waals surface area contributed by atoms with Crippen molar-refractivity contribution >= 4 is 11.5 Å². The first-order chi connectivity index (χ1) is 9.69. The molecule has 0 atom stereocenters. The Bertz CT molecular complexity index is 679. The van der Waals surface area contributed by atoms with Crippen LogP contribution in [-0.2, 0) is 18.0 Å². The van der Waals surface area contributed by atoms with Crippen LogP contribution in [0, 0.1) is 0 Å². The third-order valence-corrected chi connectivity index (χ3v) is 3.45. The van der Waals surface area contributed by atoms with Crippen LogP contribution in [0.5, 0.6) is 5.75 Å². The molecule has 0 aromatic heterocycles. The number of nitrogen functional groups attached to an aromatic ring is 1. The summed E-state index contributed by atoms with van der Waals surface area (Å²) in [4.78, 5) is 12.6. The molecule has 1 heterocycles. The number of ketones is 1. The highest BCUT2D eigenvalue weighted by Crippen LogP contribution is 2.26. The highest BCUT2D eigenvalue weighted by atomic mass is 16.5. The van der Waals surface area contributed by atoms with Crippen molar-refractivity contribution in [2.24, 2.45) is 0 Å². The Morgan fingerprint density at radius 1 is 1.15 bits per heavy atom. The number of hydrogen-bond acceptors (Lipinski definition) is 4. The van der Waals surface area contributed by atoms with Crippen LogP contribution in [0.2, 0.25) is 0 Å². The molecule has 2 N–H and O–H groups in total. The minimum atomic E-state index is -0.0937. The Morgan fingerprint density at radius 3 is 2.75 bits per heavy atom. The van der Waals surface area contributed by atoms with Gasteiger partial charge in [-0.3, -0.25) is 4.79 Å². The van der Waals surface area contributed by atoms with E-state index in [1.165, 1.54) is 0 Å². The molecule has 20 heavy (non-hydrogen) atoms. The van der Waals surface area contributed by atoms with Crippen LogP contribution in [-0.4, -0.2) is 12.9 Å². The fourth-order valence-corrected chi connectivity index (χ4v) is 2.37. The lowest BCUT2D eigenvalue weighted by atomic mass is 9.98. The average molecular weight is 269 g/mol. The van der Waals surface area contributed by atoms with Gasteiger partial charge in [0.25, 0.3) is 0 Å². The van der Waals surface area contributed by atoms with Gasteiger partial charge in [0.1, 0.15) is 5.75 Å². The Balaban J connectivity index is 2.02. The summed E-state index contributed by atoms with van der Waals surface area (Å²) in [5.74, 6) is 0.435. The Labute approximate surface area is 117 Å². The minimum absolute atomic E-state index is 0.0937. The lowest BCUT2D eigenvalue weighted by Gasteiger charge is -2.09. The van der Waals surface area contributed by atoms with E-state index in [9.17, 15) is 4.79 Å². The average Bonchev–Trinajstić information content (AvgIpc) is 2.93. The van der Waals surface area contributed by atoms with Crippen LogP contribution < -0.4 is 10.5 Å². The number of carbonyl (C=O) groups is 1. The number of rotatable bonds is 3. The van der Waals surface area contributed by atoms with E-state index in [-0.39, 0.29) is 5.78 Å². The molecule has 1 aliphatic heterocycles. The Morgan fingerprint density at radius 2 is 1.95 bits per heavy atom. The molecule has 0 spiro atoms. The van der Waals surface area contributed by atoms with Gasteiger partial charge in [-0.2, -0.15) is 0 Å². The van der Waals surface area contributed by atoms with Crippen molar-refractivity contribution in [2.45, 2.75) is 13.2 Å². The molecule has 0 aliphatic carbocycles. The summed E-state index contributed by atoms with van der Waals surface area (Å²) >= 11 is 0. The number of fused-ring (bicyclic) bond motifs is 1.